The number of amides is 1. The van der Waals surface area contributed by atoms with Gasteiger partial charge in [0.25, 0.3) is 0 Å². The molecule has 206 valence electrons. The fraction of sp³-hybridized carbons (Fsp3) is 0.586. The molecule has 7 nitrogen and oxygen atoms in total. The molecule has 1 unspecified atom stereocenters. The molecule has 1 heterocycles. The molecule has 0 saturated heterocycles. The number of hydrogen-bond acceptors (Lipinski definition) is 6. The van der Waals surface area contributed by atoms with Crippen molar-refractivity contribution < 1.29 is 29.1 Å². The molecule has 2 saturated carbocycles. The Labute approximate surface area is 230 Å². The Hall–Kier alpha value is -2.12. The largest absolute Gasteiger partial charge is 0.477 e. The number of carboxylic acids is 1. The molecule has 2 N–H and O–H groups in total. The monoisotopic (exact) mass is 559 g/mol. The number of carbonyl (C=O) groups excluding carboxylic acids is 1. The summed E-state index contributed by atoms with van der Waals surface area (Å²) in [5.74, 6) is -0.534. The number of aliphatic hydroxyl groups excluding tert-OH is 1. The molecule has 4 rings (SSSR count). The summed E-state index contributed by atoms with van der Waals surface area (Å²) in [6.07, 6.45) is 5.80. The summed E-state index contributed by atoms with van der Waals surface area (Å²) in [5, 5.41) is 19.3. The van der Waals surface area contributed by atoms with Gasteiger partial charge in [-0.15, -0.1) is 11.3 Å². The van der Waals surface area contributed by atoms with E-state index in [2.05, 4.69) is 6.92 Å². The number of aromatic carboxylic acids is 1. The van der Waals surface area contributed by atoms with Crippen LogP contribution in [0.1, 0.15) is 87.4 Å². The molecule has 1 amide bonds. The maximum absolute atomic E-state index is 14.0. The van der Waals surface area contributed by atoms with E-state index in [-0.39, 0.29) is 37.3 Å². The van der Waals surface area contributed by atoms with Crippen LogP contribution in [-0.4, -0.2) is 40.8 Å². The number of ether oxygens (including phenoxy) is 1. The Balaban J connectivity index is 1.71. The van der Waals surface area contributed by atoms with Gasteiger partial charge in [0.1, 0.15) is 4.88 Å². The number of rotatable bonds is 9. The molecular weight excluding hydrogens is 521 g/mol. The first kappa shape index (κ1) is 28.9. The van der Waals surface area contributed by atoms with E-state index in [9.17, 15) is 24.4 Å². The quantitative estimate of drug-likeness (QED) is 0.318. The number of thiophene rings is 1. The van der Waals surface area contributed by atoms with Crippen molar-refractivity contribution in [1.82, 2.24) is 0 Å². The van der Waals surface area contributed by atoms with Crippen molar-refractivity contribution in [3.05, 3.63) is 40.8 Å². The summed E-state index contributed by atoms with van der Waals surface area (Å²) in [5.41, 5.74) is 2.05. The van der Waals surface area contributed by atoms with Crippen LogP contribution in [0.5, 0.6) is 0 Å². The van der Waals surface area contributed by atoms with Gasteiger partial charge < -0.3 is 19.8 Å². The molecule has 1 aromatic heterocycles. The number of aliphatic hydroxyl groups is 1. The van der Waals surface area contributed by atoms with Gasteiger partial charge in [-0.3, -0.25) is 9.36 Å². The van der Waals surface area contributed by atoms with Crippen LogP contribution >= 0.6 is 19.8 Å². The molecule has 38 heavy (non-hydrogen) atoms. The molecule has 2 aliphatic rings. The van der Waals surface area contributed by atoms with Crippen molar-refractivity contribution in [1.29, 1.82) is 0 Å². The molecule has 9 heteroatoms. The highest BCUT2D eigenvalue weighted by atomic mass is 32.1. The first-order valence-corrected chi connectivity index (χ1v) is 15.3. The summed E-state index contributed by atoms with van der Waals surface area (Å²) < 4.78 is 17.5. The molecule has 2 fully saturated rings. The van der Waals surface area contributed by atoms with Crippen LogP contribution in [0, 0.1) is 11.8 Å². The van der Waals surface area contributed by atoms with E-state index in [1.807, 2.05) is 37.3 Å². The summed E-state index contributed by atoms with van der Waals surface area (Å²) in [4.78, 5) is 29.1. The Bertz CT molecular complexity index is 1130. The van der Waals surface area contributed by atoms with Crippen molar-refractivity contribution >= 4 is 37.4 Å². The highest BCUT2D eigenvalue weighted by Crippen LogP contribution is 2.43. The molecule has 0 bridgehead atoms. The SMILES string of the molecule is CCOC(C)(P=O)c1ccc(-c2cc(N(C(=O)C3CCC(C)CC3)C3CCC(O)CC3)c(C(=O)O)s2)cc1. The number of carbonyl (C=O) groups is 2. The smallest absolute Gasteiger partial charge is 0.348 e. The average Bonchev–Trinajstić information content (AvgIpc) is 3.36. The fourth-order valence-electron chi connectivity index (χ4n) is 5.76. The zero-order valence-electron chi connectivity index (χ0n) is 22.4. The molecule has 0 aliphatic heterocycles. The van der Waals surface area contributed by atoms with Gasteiger partial charge in [0.15, 0.2) is 13.8 Å². The van der Waals surface area contributed by atoms with Gasteiger partial charge in [-0.2, -0.15) is 0 Å². The third-order valence-electron chi connectivity index (χ3n) is 8.10. The van der Waals surface area contributed by atoms with Crippen LogP contribution in [0.3, 0.4) is 0 Å². The highest BCUT2D eigenvalue weighted by Gasteiger charge is 2.37. The summed E-state index contributed by atoms with van der Waals surface area (Å²) in [6.45, 7) is 6.26. The minimum Gasteiger partial charge on any atom is -0.477 e. The molecule has 2 aromatic rings. The van der Waals surface area contributed by atoms with Crippen LogP contribution in [0.25, 0.3) is 10.4 Å². The second-order valence-electron chi connectivity index (χ2n) is 10.8. The van der Waals surface area contributed by atoms with Gasteiger partial charge in [-0.1, -0.05) is 31.2 Å². The number of nitrogens with zero attached hydrogens (tertiary/aromatic N) is 1. The van der Waals surface area contributed by atoms with E-state index in [1.165, 1.54) is 11.3 Å². The predicted octanol–water partition coefficient (Wildman–Crippen LogP) is 7.08. The highest BCUT2D eigenvalue weighted by molar-refractivity contribution is 7.25. The fourth-order valence-corrected chi connectivity index (χ4v) is 7.19. The van der Waals surface area contributed by atoms with Gasteiger partial charge in [0.05, 0.1) is 11.8 Å². The van der Waals surface area contributed by atoms with Gasteiger partial charge in [-0.25, -0.2) is 4.79 Å². The van der Waals surface area contributed by atoms with Gasteiger partial charge in [-0.05, 0) is 88.3 Å². The van der Waals surface area contributed by atoms with Gasteiger partial charge in [0.2, 0.25) is 5.91 Å². The average molecular weight is 560 g/mol. The van der Waals surface area contributed by atoms with Gasteiger partial charge in [0, 0.05) is 23.4 Å². The lowest BCUT2D eigenvalue weighted by Crippen LogP contribution is -2.47. The second kappa shape index (κ2) is 12.4. The predicted molar refractivity (Wildman–Crippen MR) is 150 cm³/mol. The third kappa shape index (κ3) is 6.20. The number of carboxylic acid groups (broad SMARTS) is 1. The van der Waals surface area contributed by atoms with E-state index < -0.39 is 11.3 Å². The Kier molecular flexibility index (Phi) is 9.40. The minimum absolute atomic E-state index is 0.0161. The van der Waals surface area contributed by atoms with Gasteiger partial charge >= 0.3 is 5.97 Å². The topological polar surface area (TPSA) is 104 Å². The Morgan fingerprint density at radius 1 is 1.08 bits per heavy atom. The van der Waals surface area contributed by atoms with Crippen LogP contribution in [-0.2, 0) is 19.4 Å². The molecular formula is C29H38NO6PS. The van der Waals surface area contributed by atoms with E-state index in [4.69, 9.17) is 4.74 Å². The summed E-state index contributed by atoms with van der Waals surface area (Å²) in [7, 11) is -0.139. The lowest BCUT2D eigenvalue weighted by Gasteiger charge is -2.38. The molecule has 1 atom stereocenters. The first-order chi connectivity index (χ1) is 18.2. The van der Waals surface area contributed by atoms with Crippen molar-refractivity contribution in [3.8, 4) is 10.4 Å². The normalized spacial score (nSPS) is 25.6. The van der Waals surface area contributed by atoms with Crippen molar-refractivity contribution in [3.63, 3.8) is 0 Å². The maximum atomic E-state index is 14.0. The van der Waals surface area contributed by atoms with E-state index in [0.29, 0.717) is 43.9 Å². The second-order valence-corrected chi connectivity index (χ2v) is 12.9. The number of anilines is 1. The van der Waals surface area contributed by atoms with E-state index >= 15 is 0 Å². The van der Waals surface area contributed by atoms with Crippen LogP contribution in [0.2, 0.25) is 0 Å². The standard InChI is InChI=1S/C29H38NO6PS/c1-4-36-29(3,37-35)21-11-9-19(10-12-21)25-17-24(26(38-25)28(33)34)30(22-13-15-23(31)16-14-22)27(32)20-7-5-18(2)6-8-20/h9-12,17-18,20,22-23,31H,4-8,13-16H2,1-3H3,(H,33,34). The molecule has 0 radical (unpaired) electrons. The van der Waals surface area contributed by atoms with Crippen molar-refractivity contribution in [2.45, 2.75) is 89.6 Å². The van der Waals surface area contributed by atoms with Crippen LogP contribution in [0.4, 0.5) is 5.69 Å². The maximum Gasteiger partial charge on any atom is 0.348 e. The third-order valence-corrected chi connectivity index (χ3v) is 10.0. The lowest BCUT2D eigenvalue weighted by molar-refractivity contribution is -0.124. The zero-order valence-corrected chi connectivity index (χ0v) is 24.1. The van der Waals surface area contributed by atoms with Crippen molar-refractivity contribution in [2.24, 2.45) is 11.8 Å². The van der Waals surface area contributed by atoms with Crippen molar-refractivity contribution in [2.75, 3.05) is 11.5 Å². The molecule has 1 aromatic carbocycles. The Morgan fingerprint density at radius 2 is 1.71 bits per heavy atom. The molecule has 2 aliphatic carbocycles. The van der Waals surface area contributed by atoms with Crippen LogP contribution in [0.15, 0.2) is 30.3 Å². The lowest BCUT2D eigenvalue weighted by atomic mass is 9.81. The Morgan fingerprint density at radius 3 is 2.26 bits per heavy atom. The van der Waals surface area contributed by atoms with E-state index in [1.54, 1.807) is 11.8 Å². The summed E-state index contributed by atoms with van der Waals surface area (Å²) in [6, 6.07) is 9.17. The zero-order chi connectivity index (χ0) is 27.4. The number of benzene rings is 1. The van der Waals surface area contributed by atoms with Crippen LogP contribution < -0.4 is 4.90 Å². The molecule has 0 spiro atoms. The first-order valence-electron chi connectivity index (χ1n) is 13.6. The van der Waals surface area contributed by atoms with E-state index in [0.717, 1.165) is 41.7 Å². The minimum atomic E-state index is -1.05. The number of hydrogen-bond donors (Lipinski definition) is 2. The summed E-state index contributed by atoms with van der Waals surface area (Å²) >= 11 is 1.17.